The van der Waals surface area contributed by atoms with Crippen molar-refractivity contribution in [1.29, 1.82) is 0 Å². The fraction of sp³-hybridized carbons (Fsp3) is 0.0588. The molecule has 0 aliphatic carbocycles. The lowest BCUT2D eigenvalue weighted by Gasteiger charge is -2.13. The van der Waals surface area contributed by atoms with Crippen LogP contribution in [0.1, 0.15) is 17.2 Å². The molecule has 0 radical (unpaired) electrons. The first-order valence-corrected chi connectivity index (χ1v) is 7.05. The van der Waals surface area contributed by atoms with Crippen LogP contribution in [0.5, 0.6) is 0 Å². The maximum atomic E-state index is 12.1. The van der Waals surface area contributed by atoms with E-state index in [1.165, 1.54) is 0 Å². The molecular weight excluding hydrogens is 302 g/mol. The van der Waals surface area contributed by atoms with Gasteiger partial charge in [-0.15, -0.1) is 0 Å². The molecule has 2 aromatic carbocycles. The third-order valence-electron chi connectivity index (χ3n) is 3.52. The summed E-state index contributed by atoms with van der Waals surface area (Å²) in [6, 6.07) is 14.8. The summed E-state index contributed by atoms with van der Waals surface area (Å²) >= 11 is 5.82. The molecule has 0 saturated carbocycles. The maximum absolute atomic E-state index is 12.1. The van der Waals surface area contributed by atoms with Crippen LogP contribution in [0.2, 0.25) is 5.02 Å². The van der Waals surface area contributed by atoms with Gasteiger partial charge in [0.15, 0.2) is 0 Å². The van der Waals surface area contributed by atoms with Crippen LogP contribution in [0.15, 0.2) is 60.2 Å². The van der Waals surface area contributed by atoms with E-state index >= 15 is 0 Å². The number of benzene rings is 2. The number of carbonyl (C=O) groups is 2. The van der Waals surface area contributed by atoms with Crippen LogP contribution >= 0.6 is 11.6 Å². The molecule has 22 heavy (non-hydrogen) atoms. The van der Waals surface area contributed by atoms with Crippen LogP contribution in [0.4, 0.5) is 0 Å². The summed E-state index contributed by atoms with van der Waals surface area (Å²) in [5.41, 5.74) is 1.22. The van der Waals surface area contributed by atoms with E-state index in [1.807, 2.05) is 6.07 Å². The highest BCUT2D eigenvalue weighted by atomic mass is 35.5. The second-order valence-electron chi connectivity index (χ2n) is 4.92. The monoisotopic (exact) mass is 313 g/mol. The standard InChI is InChI=1S/C17H12ClNO3/c18-12-8-6-11(7-9-12)15(20)13-14(19-17(22)16(13)21)10-4-2-1-3-5-10/h1-9,14,20H,(H,19,22)/b15-13+/t14-/m1/s1. The van der Waals surface area contributed by atoms with E-state index in [0.29, 0.717) is 10.6 Å². The predicted octanol–water partition coefficient (Wildman–Crippen LogP) is 3.05. The van der Waals surface area contributed by atoms with Crippen LogP contribution in [-0.4, -0.2) is 16.8 Å². The normalized spacial score (nSPS) is 20.0. The third kappa shape index (κ3) is 2.49. The number of hydrogen-bond acceptors (Lipinski definition) is 3. The fourth-order valence-corrected chi connectivity index (χ4v) is 2.55. The first-order valence-electron chi connectivity index (χ1n) is 6.67. The van der Waals surface area contributed by atoms with Gasteiger partial charge in [-0.1, -0.05) is 41.9 Å². The zero-order valence-corrected chi connectivity index (χ0v) is 12.2. The number of ketones is 1. The Morgan fingerprint density at radius 3 is 2.27 bits per heavy atom. The molecule has 1 aliphatic rings. The van der Waals surface area contributed by atoms with Gasteiger partial charge in [-0.3, -0.25) is 9.59 Å². The van der Waals surface area contributed by atoms with Gasteiger partial charge in [0.05, 0.1) is 11.6 Å². The number of rotatable bonds is 2. The summed E-state index contributed by atoms with van der Waals surface area (Å²) in [5, 5.41) is 13.6. The molecule has 5 heteroatoms. The molecule has 1 amide bonds. The summed E-state index contributed by atoms with van der Waals surface area (Å²) in [7, 11) is 0. The molecule has 2 aromatic rings. The summed E-state index contributed by atoms with van der Waals surface area (Å²) in [6.07, 6.45) is 0. The van der Waals surface area contributed by atoms with Gasteiger partial charge in [0, 0.05) is 10.6 Å². The molecule has 3 rings (SSSR count). The quantitative estimate of drug-likeness (QED) is 0.509. The topological polar surface area (TPSA) is 66.4 Å². The van der Waals surface area contributed by atoms with E-state index in [4.69, 9.17) is 11.6 Å². The van der Waals surface area contributed by atoms with Gasteiger partial charge in [-0.25, -0.2) is 0 Å². The zero-order valence-electron chi connectivity index (χ0n) is 11.4. The lowest BCUT2D eigenvalue weighted by molar-refractivity contribution is -0.133. The van der Waals surface area contributed by atoms with E-state index in [2.05, 4.69) is 5.32 Å². The summed E-state index contributed by atoms with van der Waals surface area (Å²) in [5.74, 6) is -1.65. The molecule has 0 unspecified atom stereocenters. The van der Waals surface area contributed by atoms with Crippen molar-refractivity contribution in [2.45, 2.75) is 6.04 Å². The smallest absolute Gasteiger partial charge is 0.293 e. The van der Waals surface area contributed by atoms with E-state index < -0.39 is 17.7 Å². The van der Waals surface area contributed by atoms with Crippen LogP contribution in [0.3, 0.4) is 0 Å². The highest BCUT2D eigenvalue weighted by Crippen LogP contribution is 2.32. The summed E-state index contributed by atoms with van der Waals surface area (Å²) < 4.78 is 0. The number of carbonyl (C=O) groups excluding carboxylic acids is 2. The van der Waals surface area contributed by atoms with E-state index in [1.54, 1.807) is 48.5 Å². The Kier molecular flexibility index (Phi) is 3.69. The minimum Gasteiger partial charge on any atom is -0.507 e. The molecule has 1 fully saturated rings. The van der Waals surface area contributed by atoms with Crippen molar-refractivity contribution in [3.63, 3.8) is 0 Å². The number of aliphatic hydroxyl groups is 1. The Morgan fingerprint density at radius 1 is 1.00 bits per heavy atom. The average Bonchev–Trinajstić information content (AvgIpc) is 2.84. The van der Waals surface area contributed by atoms with Gasteiger partial charge >= 0.3 is 0 Å². The Bertz CT molecular complexity index is 766. The van der Waals surface area contributed by atoms with Gasteiger partial charge in [0.25, 0.3) is 11.7 Å². The number of Topliss-reactive ketones (excluding diaryl/α,β-unsaturated/α-hetero) is 1. The van der Waals surface area contributed by atoms with Crippen molar-refractivity contribution in [3.8, 4) is 0 Å². The van der Waals surface area contributed by atoms with Crippen molar-refractivity contribution < 1.29 is 14.7 Å². The highest BCUT2D eigenvalue weighted by molar-refractivity contribution is 6.46. The molecule has 0 spiro atoms. The fourth-order valence-electron chi connectivity index (χ4n) is 2.43. The number of hydrogen-bond donors (Lipinski definition) is 2. The Labute approximate surface area is 132 Å². The van der Waals surface area contributed by atoms with E-state index in [0.717, 1.165) is 5.56 Å². The predicted molar refractivity (Wildman–Crippen MR) is 83.3 cm³/mol. The minimum atomic E-state index is -0.721. The second kappa shape index (κ2) is 5.66. The Balaban J connectivity index is 2.11. The molecule has 110 valence electrons. The zero-order chi connectivity index (χ0) is 15.7. The molecule has 4 nitrogen and oxygen atoms in total. The SMILES string of the molecule is O=C1N[C@H](c2ccccc2)/C(=C(\O)c2ccc(Cl)cc2)C1=O. The molecule has 0 bridgehead atoms. The first-order chi connectivity index (χ1) is 10.6. The summed E-state index contributed by atoms with van der Waals surface area (Å²) in [6.45, 7) is 0. The first kappa shape index (κ1) is 14.4. The maximum Gasteiger partial charge on any atom is 0.293 e. The van der Waals surface area contributed by atoms with Gasteiger partial charge in [0.2, 0.25) is 0 Å². The van der Waals surface area contributed by atoms with Crippen LogP contribution in [0, 0.1) is 0 Å². The van der Waals surface area contributed by atoms with Gasteiger partial charge < -0.3 is 10.4 Å². The van der Waals surface area contributed by atoms with E-state index in [9.17, 15) is 14.7 Å². The Morgan fingerprint density at radius 2 is 1.64 bits per heavy atom. The number of aliphatic hydroxyl groups excluding tert-OH is 1. The molecule has 1 saturated heterocycles. The molecule has 2 N–H and O–H groups in total. The van der Waals surface area contributed by atoms with E-state index in [-0.39, 0.29) is 11.3 Å². The van der Waals surface area contributed by atoms with Crippen molar-refractivity contribution in [2.75, 3.05) is 0 Å². The van der Waals surface area contributed by atoms with Crippen LogP contribution in [0.25, 0.3) is 5.76 Å². The number of amides is 1. The number of nitrogens with one attached hydrogen (secondary N) is 1. The molecule has 1 aliphatic heterocycles. The van der Waals surface area contributed by atoms with Gasteiger partial charge in [-0.2, -0.15) is 0 Å². The van der Waals surface area contributed by atoms with Gasteiger partial charge in [0.1, 0.15) is 5.76 Å². The highest BCUT2D eigenvalue weighted by Gasteiger charge is 2.39. The van der Waals surface area contributed by atoms with Gasteiger partial charge in [-0.05, 0) is 29.8 Å². The average molecular weight is 314 g/mol. The largest absolute Gasteiger partial charge is 0.507 e. The molecule has 1 atom stereocenters. The molecule has 0 aromatic heterocycles. The summed E-state index contributed by atoms with van der Waals surface area (Å²) in [4.78, 5) is 23.8. The lowest BCUT2D eigenvalue weighted by Crippen LogP contribution is -2.21. The molecular formula is C17H12ClNO3. The van der Waals surface area contributed by atoms with Crippen LogP contribution < -0.4 is 5.32 Å². The Hall–Kier alpha value is -2.59. The van der Waals surface area contributed by atoms with Crippen molar-refractivity contribution >= 4 is 29.1 Å². The lowest BCUT2D eigenvalue weighted by atomic mass is 9.96. The van der Waals surface area contributed by atoms with Crippen molar-refractivity contribution in [3.05, 3.63) is 76.3 Å². The third-order valence-corrected chi connectivity index (χ3v) is 3.77. The number of halogens is 1. The van der Waals surface area contributed by atoms with Crippen LogP contribution in [-0.2, 0) is 9.59 Å². The molecule has 1 heterocycles. The second-order valence-corrected chi connectivity index (χ2v) is 5.35. The van der Waals surface area contributed by atoms with Crippen molar-refractivity contribution in [2.24, 2.45) is 0 Å². The van der Waals surface area contributed by atoms with Crippen molar-refractivity contribution in [1.82, 2.24) is 5.32 Å². The minimum absolute atomic E-state index is 0.0542.